The third-order valence-electron chi connectivity index (χ3n) is 2.83. The van der Waals surface area contributed by atoms with E-state index in [9.17, 15) is 4.79 Å². The molecule has 0 aliphatic heterocycles. The molecule has 1 aromatic carbocycles. The third kappa shape index (κ3) is 2.98. The summed E-state index contributed by atoms with van der Waals surface area (Å²) < 4.78 is 6.14. The van der Waals surface area contributed by atoms with Gasteiger partial charge in [-0.3, -0.25) is 0 Å². The van der Waals surface area contributed by atoms with Gasteiger partial charge in [-0.25, -0.2) is 4.79 Å². The summed E-state index contributed by atoms with van der Waals surface area (Å²) in [7, 11) is 0. The van der Waals surface area contributed by atoms with Crippen molar-refractivity contribution >= 4 is 27.6 Å². The van der Waals surface area contributed by atoms with E-state index in [-0.39, 0.29) is 5.56 Å². The average molecular weight is 324 g/mol. The predicted octanol–water partition coefficient (Wildman–Crippen LogP) is 3.97. The molecule has 5 heteroatoms. The Labute approximate surface area is 119 Å². The number of halogens is 1. The van der Waals surface area contributed by atoms with Crippen LogP contribution in [0.3, 0.4) is 0 Å². The number of hydrogen-bond donors (Lipinski definition) is 2. The lowest BCUT2D eigenvalue weighted by Gasteiger charge is -2.12. The van der Waals surface area contributed by atoms with Crippen molar-refractivity contribution < 1.29 is 14.3 Å². The fourth-order valence-electron chi connectivity index (χ4n) is 1.98. The minimum Gasteiger partial charge on any atom is -0.478 e. The second-order valence-electron chi connectivity index (χ2n) is 4.35. The van der Waals surface area contributed by atoms with Crippen LogP contribution in [-0.4, -0.2) is 11.1 Å². The van der Waals surface area contributed by atoms with Gasteiger partial charge in [0.15, 0.2) is 0 Å². The normalized spacial score (nSPS) is 10.5. The molecule has 0 aliphatic carbocycles. The van der Waals surface area contributed by atoms with Crippen molar-refractivity contribution in [3.63, 3.8) is 0 Å². The first kappa shape index (κ1) is 13.7. The van der Waals surface area contributed by atoms with Gasteiger partial charge >= 0.3 is 5.97 Å². The Kier molecular flexibility index (Phi) is 3.95. The maximum absolute atomic E-state index is 11.0. The first-order valence-corrected chi connectivity index (χ1v) is 6.58. The highest BCUT2D eigenvalue weighted by molar-refractivity contribution is 9.10. The molecule has 0 fully saturated rings. The second kappa shape index (κ2) is 5.48. The summed E-state index contributed by atoms with van der Waals surface area (Å²) in [6.45, 7) is 4.36. The van der Waals surface area contributed by atoms with Crippen molar-refractivity contribution in [3.05, 3.63) is 51.4 Å². The van der Waals surface area contributed by atoms with Crippen LogP contribution in [0.2, 0.25) is 0 Å². The zero-order valence-corrected chi connectivity index (χ0v) is 12.2. The molecule has 0 atom stereocenters. The largest absolute Gasteiger partial charge is 0.478 e. The summed E-state index contributed by atoms with van der Waals surface area (Å²) in [5.41, 5.74) is 3.39. The van der Waals surface area contributed by atoms with E-state index < -0.39 is 5.97 Å². The molecule has 1 aromatic heterocycles. The van der Waals surface area contributed by atoms with Gasteiger partial charge in [-0.1, -0.05) is 6.07 Å². The van der Waals surface area contributed by atoms with Gasteiger partial charge in [0.25, 0.3) is 0 Å². The Balaban J connectivity index is 2.19. The SMILES string of the molecule is Cc1cc(C)c(NCc2occc2C(=O)O)c(Br)c1. The van der Waals surface area contributed by atoms with E-state index >= 15 is 0 Å². The molecule has 19 heavy (non-hydrogen) atoms. The number of aromatic carboxylic acids is 1. The molecule has 0 saturated carbocycles. The molecule has 0 radical (unpaired) electrons. The van der Waals surface area contributed by atoms with Crippen LogP contribution in [0.15, 0.2) is 33.4 Å². The number of anilines is 1. The zero-order valence-electron chi connectivity index (χ0n) is 10.7. The van der Waals surface area contributed by atoms with Crippen molar-refractivity contribution in [3.8, 4) is 0 Å². The quantitative estimate of drug-likeness (QED) is 0.893. The molecule has 100 valence electrons. The Bertz CT molecular complexity index is 596. The van der Waals surface area contributed by atoms with E-state index in [4.69, 9.17) is 9.52 Å². The predicted molar refractivity (Wildman–Crippen MR) is 76.6 cm³/mol. The third-order valence-corrected chi connectivity index (χ3v) is 3.46. The summed E-state index contributed by atoms with van der Waals surface area (Å²) in [5, 5.41) is 12.2. The summed E-state index contributed by atoms with van der Waals surface area (Å²) in [6.07, 6.45) is 1.39. The first-order valence-electron chi connectivity index (χ1n) is 5.79. The first-order chi connectivity index (χ1) is 8.99. The summed E-state index contributed by atoms with van der Waals surface area (Å²) in [5.74, 6) is -0.565. The Morgan fingerprint density at radius 3 is 2.79 bits per heavy atom. The number of nitrogens with one attached hydrogen (secondary N) is 1. The Hall–Kier alpha value is -1.75. The van der Waals surface area contributed by atoms with Crippen molar-refractivity contribution in [2.75, 3.05) is 5.32 Å². The van der Waals surface area contributed by atoms with Crippen LogP contribution in [0.4, 0.5) is 5.69 Å². The molecular weight excluding hydrogens is 310 g/mol. The van der Waals surface area contributed by atoms with E-state index in [1.54, 1.807) is 0 Å². The van der Waals surface area contributed by atoms with E-state index in [2.05, 4.69) is 27.3 Å². The average Bonchev–Trinajstić information content (AvgIpc) is 2.75. The number of aryl methyl sites for hydroxylation is 2. The van der Waals surface area contributed by atoms with E-state index in [0.29, 0.717) is 12.3 Å². The van der Waals surface area contributed by atoms with E-state index in [1.807, 2.05) is 19.9 Å². The minimum atomic E-state index is -0.981. The molecule has 0 bridgehead atoms. The molecule has 4 nitrogen and oxygen atoms in total. The number of rotatable bonds is 4. The summed E-state index contributed by atoms with van der Waals surface area (Å²) in [4.78, 5) is 11.0. The van der Waals surface area contributed by atoms with Crippen molar-refractivity contribution in [2.45, 2.75) is 20.4 Å². The fraction of sp³-hybridized carbons (Fsp3) is 0.214. The van der Waals surface area contributed by atoms with E-state index in [0.717, 1.165) is 15.7 Å². The molecule has 2 rings (SSSR count). The van der Waals surface area contributed by atoms with Gasteiger partial charge in [0.1, 0.15) is 11.3 Å². The highest BCUT2D eigenvalue weighted by atomic mass is 79.9. The molecule has 0 aliphatic rings. The van der Waals surface area contributed by atoms with Gasteiger partial charge in [-0.15, -0.1) is 0 Å². The number of furan rings is 1. The number of carboxylic acid groups (broad SMARTS) is 1. The monoisotopic (exact) mass is 323 g/mol. The van der Waals surface area contributed by atoms with Crippen LogP contribution >= 0.6 is 15.9 Å². The number of carbonyl (C=O) groups is 1. The molecule has 0 spiro atoms. The molecular formula is C14H14BrNO3. The second-order valence-corrected chi connectivity index (χ2v) is 5.21. The lowest BCUT2D eigenvalue weighted by molar-refractivity contribution is 0.0694. The molecule has 0 unspecified atom stereocenters. The number of hydrogen-bond acceptors (Lipinski definition) is 3. The maximum atomic E-state index is 11.0. The summed E-state index contributed by atoms with van der Waals surface area (Å²) in [6, 6.07) is 5.53. The number of benzene rings is 1. The van der Waals surface area contributed by atoms with Crippen LogP contribution in [0.25, 0.3) is 0 Å². The van der Waals surface area contributed by atoms with Crippen LogP contribution in [-0.2, 0) is 6.54 Å². The summed E-state index contributed by atoms with van der Waals surface area (Å²) >= 11 is 3.50. The van der Waals surface area contributed by atoms with Gasteiger partial charge in [-0.2, -0.15) is 0 Å². The van der Waals surface area contributed by atoms with E-state index in [1.165, 1.54) is 17.9 Å². The van der Waals surface area contributed by atoms with Crippen LogP contribution in [0, 0.1) is 13.8 Å². The fourth-order valence-corrected chi connectivity index (χ4v) is 2.79. The minimum absolute atomic E-state index is 0.188. The molecule has 1 heterocycles. The van der Waals surface area contributed by atoms with Crippen molar-refractivity contribution in [1.82, 2.24) is 0 Å². The van der Waals surface area contributed by atoms with Gasteiger partial charge in [0.2, 0.25) is 0 Å². The molecule has 2 aromatic rings. The Morgan fingerprint density at radius 1 is 1.42 bits per heavy atom. The topological polar surface area (TPSA) is 62.5 Å². The number of carboxylic acids is 1. The lowest BCUT2D eigenvalue weighted by Crippen LogP contribution is -2.06. The van der Waals surface area contributed by atoms with Crippen LogP contribution in [0.5, 0.6) is 0 Å². The van der Waals surface area contributed by atoms with Crippen LogP contribution in [0.1, 0.15) is 27.2 Å². The molecule has 2 N–H and O–H groups in total. The van der Waals surface area contributed by atoms with Gasteiger partial charge in [0, 0.05) is 4.47 Å². The van der Waals surface area contributed by atoms with Crippen molar-refractivity contribution in [2.24, 2.45) is 0 Å². The lowest BCUT2D eigenvalue weighted by atomic mass is 10.1. The highest BCUT2D eigenvalue weighted by Gasteiger charge is 2.14. The highest BCUT2D eigenvalue weighted by Crippen LogP contribution is 2.28. The van der Waals surface area contributed by atoms with Gasteiger partial charge < -0.3 is 14.8 Å². The Morgan fingerprint density at radius 2 is 2.16 bits per heavy atom. The standard InChI is InChI=1S/C14H14BrNO3/c1-8-5-9(2)13(11(15)6-8)16-7-12-10(14(17)18)3-4-19-12/h3-6,16H,7H2,1-2H3,(H,17,18). The van der Waals surface area contributed by atoms with Crippen LogP contribution < -0.4 is 5.32 Å². The zero-order chi connectivity index (χ0) is 14.0. The smallest absolute Gasteiger partial charge is 0.339 e. The molecule has 0 saturated heterocycles. The van der Waals surface area contributed by atoms with Crippen molar-refractivity contribution in [1.29, 1.82) is 0 Å². The van der Waals surface area contributed by atoms with Gasteiger partial charge in [0.05, 0.1) is 18.5 Å². The van der Waals surface area contributed by atoms with Gasteiger partial charge in [-0.05, 0) is 53.0 Å². The molecule has 0 amide bonds. The maximum Gasteiger partial charge on any atom is 0.339 e.